The predicted molar refractivity (Wildman–Crippen MR) is 220 cm³/mol. The first-order chi connectivity index (χ1) is 26.6. The molecule has 2 fully saturated rings. The van der Waals surface area contributed by atoms with Gasteiger partial charge in [0.25, 0.3) is 37.3 Å². The predicted octanol–water partition coefficient (Wildman–Crippen LogP) is 2.52. The largest absolute Gasteiger partial charge is 0.430 e. The van der Waals surface area contributed by atoms with Crippen molar-refractivity contribution in [3.05, 3.63) is 105 Å². The first-order valence-corrected chi connectivity index (χ1v) is 24.6. The second kappa shape index (κ2) is 15.3. The molecule has 5 heterocycles. The maximum atomic E-state index is 14.5. The number of thioether (sulfide) groups is 2. The Morgan fingerprint density at radius 2 is 1.79 bits per heavy atom. The minimum Gasteiger partial charge on any atom is -0.430 e. The summed E-state index contributed by atoms with van der Waals surface area (Å²) in [6, 6.07) is 10.1. The molecule has 2 aromatic heterocycles. The van der Waals surface area contributed by atoms with Crippen molar-refractivity contribution < 1.29 is 43.6 Å². The summed E-state index contributed by atoms with van der Waals surface area (Å²) >= 11 is 14.5. The lowest BCUT2D eigenvalue weighted by Gasteiger charge is -2.22. The Kier molecular flexibility index (Phi) is 11.1. The highest BCUT2D eigenvalue weighted by molar-refractivity contribution is 8.30. The molecule has 3 aliphatic heterocycles. The van der Waals surface area contributed by atoms with Gasteiger partial charge in [-0.1, -0.05) is 53.8 Å². The number of thiazole rings is 1. The zero-order valence-electron chi connectivity index (χ0n) is 29.4. The topological polar surface area (TPSA) is 224 Å². The third kappa shape index (κ3) is 8.23. The third-order valence-corrected chi connectivity index (χ3v) is 16.7. The normalized spacial score (nSPS) is 21.2. The minimum absolute atomic E-state index is 0.0354. The molecule has 24 heteroatoms. The molecule has 0 bridgehead atoms. The molecule has 1 atom stereocenters. The van der Waals surface area contributed by atoms with Crippen LogP contribution >= 0.6 is 58.7 Å². The number of amides is 1. The van der Waals surface area contributed by atoms with Crippen LogP contribution in [0.1, 0.15) is 24.9 Å². The second-order valence-corrected chi connectivity index (χ2v) is 22.4. The molecule has 3 aliphatic rings. The maximum absolute atomic E-state index is 14.5. The van der Waals surface area contributed by atoms with E-state index in [1.807, 2.05) is 0 Å². The molecule has 16 nitrogen and oxygen atoms in total. The number of thiocarbonyl (C=S) groups is 1. The van der Waals surface area contributed by atoms with Crippen LogP contribution in [0.4, 0.5) is 5.69 Å². The van der Waals surface area contributed by atoms with Crippen molar-refractivity contribution in [2.45, 2.75) is 42.3 Å². The summed E-state index contributed by atoms with van der Waals surface area (Å²) in [5.74, 6) is -2.22. The molecule has 0 saturated carbocycles. The number of rotatable bonds is 8. The zero-order chi connectivity index (χ0) is 41.4. The average Bonchev–Trinajstić information content (AvgIpc) is 3.90. The maximum Gasteiger partial charge on any atom is 0.299 e. The summed E-state index contributed by atoms with van der Waals surface area (Å²) < 4.78 is 101. The van der Waals surface area contributed by atoms with E-state index in [1.54, 1.807) is 48.2 Å². The smallest absolute Gasteiger partial charge is 0.299 e. The van der Waals surface area contributed by atoms with E-state index in [4.69, 9.17) is 28.2 Å². The molecule has 2 saturated heterocycles. The molecular formula is C33H29ClN4O12S7. The van der Waals surface area contributed by atoms with Crippen molar-refractivity contribution in [1.82, 2.24) is 14.0 Å². The van der Waals surface area contributed by atoms with Gasteiger partial charge >= 0.3 is 0 Å². The van der Waals surface area contributed by atoms with Crippen molar-refractivity contribution in [3.63, 3.8) is 0 Å². The summed E-state index contributed by atoms with van der Waals surface area (Å²) in [7, 11) is -11.4. The van der Waals surface area contributed by atoms with Crippen LogP contribution in [-0.4, -0.2) is 82.9 Å². The Morgan fingerprint density at radius 1 is 1.07 bits per heavy atom. The van der Waals surface area contributed by atoms with E-state index >= 15 is 0 Å². The number of anilines is 1. The Hall–Kier alpha value is -3.52. The lowest BCUT2D eigenvalue weighted by molar-refractivity contribution is -0.119. The number of oxazole rings is 1. The zero-order valence-corrected chi connectivity index (χ0v) is 35.9. The van der Waals surface area contributed by atoms with Gasteiger partial charge in [-0.15, -0.1) is 11.3 Å². The molecule has 57 heavy (non-hydrogen) atoms. The number of carbonyl (C=O) groups is 1. The molecule has 2 aromatic carbocycles. The van der Waals surface area contributed by atoms with Gasteiger partial charge in [-0.2, -0.15) is 16.8 Å². The Bertz CT molecular complexity index is 3150. The molecule has 0 spiro atoms. The van der Waals surface area contributed by atoms with Crippen LogP contribution in [0, 0.1) is 10.1 Å². The third-order valence-electron chi connectivity index (χ3n) is 9.18. The van der Waals surface area contributed by atoms with Crippen LogP contribution in [0.3, 0.4) is 0 Å². The van der Waals surface area contributed by atoms with Gasteiger partial charge < -0.3 is 9.32 Å². The van der Waals surface area contributed by atoms with Gasteiger partial charge in [0.15, 0.2) is 9.84 Å². The summed E-state index contributed by atoms with van der Waals surface area (Å²) in [6.07, 6.45) is 1.70. The van der Waals surface area contributed by atoms with Gasteiger partial charge in [-0.25, -0.2) is 8.42 Å². The number of hydrogen-bond acceptors (Lipinski definition) is 15. The van der Waals surface area contributed by atoms with E-state index in [-0.39, 0.29) is 53.1 Å². The minimum atomic E-state index is -4.61. The standard InChI is InChI=1S/C33H29ClN4O12S7/c1-17(13-24-37(21-14-19(34)7-8-22(21)52-24)15-18-5-3-4-6-23(18)57(47,48)49)26-30(41)38(20-9-11-55(42,43)16-20)32(53-26)25-28(39)36(10-12-56(44,45)46)31(50-25)27-29(40)35(2)33(51)54-27/h3-8,13-14,20H,9-12,15-16H2,1-2H3,(H,44,45,46)(H,47,48,49)/b24-13?,26-17+,31-27+,32-25+. The van der Waals surface area contributed by atoms with E-state index in [0.717, 1.165) is 37.5 Å². The van der Waals surface area contributed by atoms with Crippen molar-refractivity contribution in [2.24, 2.45) is 0 Å². The number of halogens is 1. The van der Waals surface area contributed by atoms with Crippen molar-refractivity contribution in [3.8, 4) is 0 Å². The summed E-state index contributed by atoms with van der Waals surface area (Å²) in [6.45, 7) is 0.945. The first-order valence-electron chi connectivity index (χ1n) is 16.5. The number of fused-ring (bicyclic) bond motifs is 1. The van der Waals surface area contributed by atoms with Gasteiger partial charge in [0, 0.05) is 23.5 Å². The number of benzene rings is 2. The quantitative estimate of drug-likeness (QED) is 0.191. The highest BCUT2D eigenvalue weighted by Crippen LogP contribution is 2.48. The Labute approximate surface area is 346 Å². The Morgan fingerprint density at radius 3 is 2.42 bits per heavy atom. The Balaban J connectivity index is 1.50. The molecule has 7 rings (SSSR count). The molecule has 4 aromatic rings. The van der Waals surface area contributed by atoms with Crippen LogP contribution < -0.4 is 26.1 Å². The monoisotopic (exact) mass is 932 g/mol. The number of nitrogens with zero attached hydrogens (tertiary/aromatic N) is 4. The van der Waals surface area contributed by atoms with E-state index in [2.05, 4.69) is 0 Å². The highest BCUT2D eigenvalue weighted by Gasteiger charge is 2.35. The molecule has 2 N–H and O–H groups in total. The van der Waals surface area contributed by atoms with Crippen LogP contribution in [0.15, 0.2) is 77.4 Å². The van der Waals surface area contributed by atoms with E-state index < -0.39 is 76.6 Å². The average molecular weight is 934 g/mol. The highest BCUT2D eigenvalue weighted by atomic mass is 35.5. The van der Waals surface area contributed by atoms with Gasteiger partial charge in [0.1, 0.15) is 13.9 Å². The number of allylic oxidation sites excluding steroid dienone is 1. The molecule has 1 unspecified atom stereocenters. The number of aromatic nitrogens is 2. The lowest BCUT2D eigenvalue weighted by Crippen LogP contribution is -2.33. The van der Waals surface area contributed by atoms with Crippen molar-refractivity contribution in [2.75, 3.05) is 29.2 Å². The fourth-order valence-corrected chi connectivity index (χ4v) is 12.9. The van der Waals surface area contributed by atoms with Crippen molar-refractivity contribution in [1.29, 1.82) is 0 Å². The molecule has 0 aliphatic carbocycles. The fourth-order valence-electron chi connectivity index (χ4n) is 6.45. The van der Waals surface area contributed by atoms with Gasteiger partial charge in [-0.05, 0) is 66.6 Å². The van der Waals surface area contributed by atoms with Crippen LogP contribution in [-0.2, 0) is 48.0 Å². The lowest BCUT2D eigenvalue weighted by atomic mass is 10.2. The van der Waals surface area contributed by atoms with E-state index in [1.165, 1.54) is 35.5 Å². The van der Waals surface area contributed by atoms with Gasteiger partial charge in [0.2, 0.25) is 11.0 Å². The van der Waals surface area contributed by atoms with Crippen LogP contribution in [0.5, 0.6) is 0 Å². The number of hydrogen-bond donors (Lipinski definition) is 2. The van der Waals surface area contributed by atoms with E-state index in [0.29, 0.717) is 21.3 Å². The molecule has 1 amide bonds. The number of carbonyl (C=O) groups excluding carboxylic acids is 1. The summed E-state index contributed by atoms with van der Waals surface area (Å²) in [4.78, 5) is 45.0. The first kappa shape index (κ1) is 41.6. The van der Waals surface area contributed by atoms with Crippen LogP contribution in [0.25, 0.3) is 10.5 Å². The van der Waals surface area contributed by atoms with Crippen LogP contribution in [0.2, 0.25) is 5.02 Å². The SMILES string of the molecule is C/C(C=C1Sc2ccc(Cl)cc2N1Cc1ccccc1S(=O)(=O)O)=c1\s/c(=c2/o/c(=C3/SC(=S)N(C)C3=O)n(CCS(=O)(=O)O)c2=O)n(C2CCS(=O)(=O)C2)c1=O. The second-order valence-electron chi connectivity index (χ2n) is 13.1. The van der Waals surface area contributed by atoms with Gasteiger partial charge in [-0.3, -0.25) is 37.5 Å². The van der Waals surface area contributed by atoms with E-state index in [9.17, 15) is 48.7 Å². The number of sulfone groups is 1. The van der Waals surface area contributed by atoms with Crippen molar-refractivity contribution >= 4 is 115 Å². The molecule has 302 valence electrons. The summed E-state index contributed by atoms with van der Waals surface area (Å²) in [5.41, 5.74) is -1.19. The van der Waals surface area contributed by atoms with Gasteiger partial charge in [0.05, 0.1) is 50.0 Å². The molecular weight excluding hydrogens is 904 g/mol. The molecule has 0 radical (unpaired) electrons. The fraction of sp³-hybridized carbons (Fsp3) is 0.273. The summed E-state index contributed by atoms with van der Waals surface area (Å²) in [5, 5.41) is 0.923.